The summed E-state index contributed by atoms with van der Waals surface area (Å²) in [6, 6.07) is 7.05. The molecule has 1 aromatic heterocycles. The van der Waals surface area contributed by atoms with Gasteiger partial charge < -0.3 is 9.52 Å². The van der Waals surface area contributed by atoms with Gasteiger partial charge in [-0.3, -0.25) is 0 Å². The number of phenols is 1. The average molecular weight is 231 g/mol. The van der Waals surface area contributed by atoms with Crippen LogP contribution in [0.4, 0.5) is 0 Å². The standard InChI is InChI=1S/C14H17NO2/c1-14(2,3)8-10-9-15-13(17-10)11-6-4-5-7-12(11)16/h4-7,9,16H,8H2,1-3H3. The molecule has 0 saturated carbocycles. The molecule has 90 valence electrons. The Kier molecular flexibility index (Phi) is 2.92. The fourth-order valence-electron chi connectivity index (χ4n) is 1.69. The fourth-order valence-corrected chi connectivity index (χ4v) is 1.69. The molecule has 0 fully saturated rings. The molecule has 3 nitrogen and oxygen atoms in total. The summed E-state index contributed by atoms with van der Waals surface area (Å²) in [5, 5.41) is 9.71. The van der Waals surface area contributed by atoms with Crippen molar-refractivity contribution in [1.29, 1.82) is 0 Å². The Morgan fingerprint density at radius 1 is 1.24 bits per heavy atom. The van der Waals surface area contributed by atoms with Crippen molar-refractivity contribution in [3.63, 3.8) is 0 Å². The summed E-state index contributed by atoms with van der Waals surface area (Å²) < 4.78 is 5.66. The Labute approximate surface area is 101 Å². The lowest BCUT2D eigenvalue weighted by Crippen LogP contribution is -2.08. The van der Waals surface area contributed by atoms with E-state index in [0.717, 1.165) is 12.2 Å². The first kappa shape index (κ1) is 11.7. The number of nitrogens with zero attached hydrogens (tertiary/aromatic N) is 1. The Morgan fingerprint density at radius 3 is 2.59 bits per heavy atom. The lowest BCUT2D eigenvalue weighted by Gasteiger charge is -2.15. The van der Waals surface area contributed by atoms with Gasteiger partial charge >= 0.3 is 0 Å². The van der Waals surface area contributed by atoms with E-state index in [1.165, 1.54) is 0 Å². The molecule has 0 aliphatic rings. The van der Waals surface area contributed by atoms with Crippen LogP contribution in [0.25, 0.3) is 11.5 Å². The minimum absolute atomic E-state index is 0.162. The molecular formula is C14H17NO2. The molecule has 0 bridgehead atoms. The van der Waals surface area contributed by atoms with E-state index in [1.54, 1.807) is 24.4 Å². The number of aromatic nitrogens is 1. The number of benzene rings is 1. The van der Waals surface area contributed by atoms with E-state index in [-0.39, 0.29) is 11.2 Å². The van der Waals surface area contributed by atoms with Crippen molar-refractivity contribution in [1.82, 2.24) is 4.98 Å². The van der Waals surface area contributed by atoms with E-state index in [4.69, 9.17) is 4.42 Å². The normalized spacial score (nSPS) is 11.7. The van der Waals surface area contributed by atoms with Crippen LogP contribution in [0.2, 0.25) is 0 Å². The van der Waals surface area contributed by atoms with Gasteiger partial charge in [0.25, 0.3) is 0 Å². The molecule has 2 rings (SSSR count). The highest BCUT2D eigenvalue weighted by Gasteiger charge is 2.16. The van der Waals surface area contributed by atoms with Crippen LogP contribution >= 0.6 is 0 Å². The highest BCUT2D eigenvalue weighted by Crippen LogP contribution is 2.29. The molecule has 0 saturated heterocycles. The zero-order valence-electron chi connectivity index (χ0n) is 10.4. The van der Waals surface area contributed by atoms with Crippen LogP contribution in [0, 0.1) is 5.41 Å². The van der Waals surface area contributed by atoms with Crippen LogP contribution in [-0.4, -0.2) is 10.1 Å². The molecule has 2 aromatic rings. The molecule has 17 heavy (non-hydrogen) atoms. The van der Waals surface area contributed by atoms with Gasteiger partial charge in [0.15, 0.2) is 0 Å². The lowest BCUT2D eigenvalue weighted by atomic mass is 9.91. The Balaban J connectivity index is 2.28. The third kappa shape index (κ3) is 2.87. The third-order valence-electron chi connectivity index (χ3n) is 2.39. The van der Waals surface area contributed by atoms with Crippen LogP contribution in [0.3, 0.4) is 0 Å². The molecule has 1 N–H and O–H groups in total. The quantitative estimate of drug-likeness (QED) is 0.858. The summed E-state index contributed by atoms with van der Waals surface area (Å²) in [4.78, 5) is 4.20. The molecule has 0 unspecified atom stereocenters. The number of oxazole rings is 1. The van der Waals surface area contributed by atoms with Crippen LogP contribution in [0.1, 0.15) is 26.5 Å². The number of hydrogen-bond acceptors (Lipinski definition) is 3. The zero-order valence-corrected chi connectivity index (χ0v) is 10.4. The van der Waals surface area contributed by atoms with Crippen molar-refractivity contribution >= 4 is 0 Å². The number of phenolic OH excluding ortho intramolecular Hbond substituents is 1. The van der Waals surface area contributed by atoms with Gasteiger partial charge in [0.1, 0.15) is 11.5 Å². The Morgan fingerprint density at radius 2 is 1.94 bits per heavy atom. The van der Waals surface area contributed by atoms with E-state index >= 15 is 0 Å². The maximum Gasteiger partial charge on any atom is 0.229 e. The summed E-state index contributed by atoms with van der Waals surface area (Å²) in [5.74, 6) is 1.51. The second-order valence-corrected chi connectivity index (χ2v) is 5.39. The van der Waals surface area contributed by atoms with Crippen LogP contribution in [0.5, 0.6) is 5.75 Å². The van der Waals surface area contributed by atoms with Gasteiger partial charge in [-0.05, 0) is 17.5 Å². The highest BCUT2D eigenvalue weighted by atomic mass is 16.4. The number of para-hydroxylation sites is 1. The second kappa shape index (κ2) is 4.24. The van der Waals surface area contributed by atoms with Crippen molar-refractivity contribution in [2.75, 3.05) is 0 Å². The first-order valence-corrected chi connectivity index (χ1v) is 5.69. The minimum Gasteiger partial charge on any atom is -0.507 e. The Bertz CT molecular complexity index is 509. The maximum absolute atomic E-state index is 9.71. The van der Waals surface area contributed by atoms with Gasteiger partial charge in [-0.1, -0.05) is 32.9 Å². The van der Waals surface area contributed by atoms with Crippen LogP contribution in [0.15, 0.2) is 34.9 Å². The average Bonchev–Trinajstić information content (AvgIpc) is 2.64. The first-order chi connectivity index (χ1) is 7.96. The van der Waals surface area contributed by atoms with E-state index in [9.17, 15) is 5.11 Å². The van der Waals surface area contributed by atoms with Gasteiger partial charge in [-0.2, -0.15) is 0 Å². The third-order valence-corrected chi connectivity index (χ3v) is 2.39. The molecule has 0 radical (unpaired) electrons. The molecule has 0 atom stereocenters. The second-order valence-electron chi connectivity index (χ2n) is 5.39. The SMILES string of the molecule is CC(C)(C)Cc1cnc(-c2ccccc2O)o1. The molecule has 0 aliphatic carbocycles. The summed E-state index contributed by atoms with van der Waals surface area (Å²) >= 11 is 0. The Hall–Kier alpha value is -1.77. The van der Waals surface area contributed by atoms with Gasteiger partial charge in [-0.15, -0.1) is 0 Å². The van der Waals surface area contributed by atoms with Crippen molar-refractivity contribution in [3.05, 3.63) is 36.2 Å². The molecule has 0 aliphatic heterocycles. The number of rotatable bonds is 2. The largest absolute Gasteiger partial charge is 0.507 e. The minimum atomic E-state index is 0.162. The summed E-state index contributed by atoms with van der Waals surface area (Å²) in [6.45, 7) is 6.44. The summed E-state index contributed by atoms with van der Waals surface area (Å²) in [7, 11) is 0. The fraction of sp³-hybridized carbons (Fsp3) is 0.357. The molecule has 0 spiro atoms. The van der Waals surface area contributed by atoms with Crippen molar-refractivity contribution in [3.8, 4) is 17.2 Å². The van der Waals surface area contributed by atoms with Crippen molar-refractivity contribution < 1.29 is 9.52 Å². The summed E-state index contributed by atoms with van der Waals surface area (Å²) in [5.41, 5.74) is 0.794. The van der Waals surface area contributed by atoms with Crippen LogP contribution in [-0.2, 0) is 6.42 Å². The summed E-state index contributed by atoms with van der Waals surface area (Å²) in [6.07, 6.45) is 2.56. The molecule has 0 amide bonds. The smallest absolute Gasteiger partial charge is 0.229 e. The number of hydrogen-bond donors (Lipinski definition) is 1. The van der Waals surface area contributed by atoms with E-state index in [2.05, 4.69) is 25.8 Å². The maximum atomic E-state index is 9.71. The van der Waals surface area contributed by atoms with Crippen LogP contribution < -0.4 is 0 Å². The highest BCUT2D eigenvalue weighted by molar-refractivity contribution is 5.61. The molecule has 1 heterocycles. The predicted octanol–water partition coefficient (Wildman–Crippen LogP) is 3.64. The number of aromatic hydroxyl groups is 1. The zero-order chi connectivity index (χ0) is 12.5. The topological polar surface area (TPSA) is 46.3 Å². The van der Waals surface area contributed by atoms with Gasteiger partial charge in [-0.25, -0.2) is 4.98 Å². The van der Waals surface area contributed by atoms with Gasteiger partial charge in [0.05, 0.1) is 11.8 Å². The van der Waals surface area contributed by atoms with Crippen molar-refractivity contribution in [2.24, 2.45) is 5.41 Å². The van der Waals surface area contributed by atoms with E-state index < -0.39 is 0 Å². The molecule has 1 aromatic carbocycles. The van der Waals surface area contributed by atoms with E-state index in [0.29, 0.717) is 11.5 Å². The molecule has 3 heteroatoms. The van der Waals surface area contributed by atoms with Crippen molar-refractivity contribution in [2.45, 2.75) is 27.2 Å². The predicted molar refractivity (Wildman–Crippen MR) is 66.8 cm³/mol. The monoisotopic (exact) mass is 231 g/mol. The van der Waals surface area contributed by atoms with E-state index in [1.807, 2.05) is 6.07 Å². The van der Waals surface area contributed by atoms with Gasteiger partial charge in [0, 0.05) is 6.42 Å². The van der Waals surface area contributed by atoms with Gasteiger partial charge in [0.2, 0.25) is 5.89 Å². The lowest BCUT2D eigenvalue weighted by molar-refractivity contribution is 0.365. The molecular weight excluding hydrogens is 214 g/mol. The first-order valence-electron chi connectivity index (χ1n) is 5.69.